The van der Waals surface area contributed by atoms with Crippen molar-refractivity contribution in [1.82, 2.24) is 0 Å². The first kappa shape index (κ1) is 26.8. The van der Waals surface area contributed by atoms with Crippen LogP contribution in [0.3, 0.4) is 0 Å². The van der Waals surface area contributed by atoms with Crippen LogP contribution < -0.4 is 0 Å². The number of phenols is 1. The quantitative estimate of drug-likeness (QED) is 0.278. The number of carboxylic acid groups (broad SMARTS) is 1. The standard InChI is InChI=1S/C24H32O12S/c1-24-7-6-13-12-5-3-11(25)8-10(12)2-4-14(13)15(24)9-16(21(24)28)34-23-18(27)19(36-37(31,32)33)17(26)20(35-23)22(29)30/h3,5,8,13-21,23,25-28H,2,4,6-7,9H2,1H3,(H,29,30)(H,31,32,33)/t13-,14-,15+,16-,17+,18-,19+,20+,21+,23-,24+/m1/s1. The van der Waals surface area contributed by atoms with Gasteiger partial charge in [0.1, 0.15) is 24.1 Å². The summed E-state index contributed by atoms with van der Waals surface area (Å²) in [5.74, 6) is -0.891. The van der Waals surface area contributed by atoms with E-state index in [1.807, 2.05) is 13.0 Å². The van der Waals surface area contributed by atoms with E-state index >= 15 is 0 Å². The Morgan fingerprint density at radius 2 is 1.89 bits per heavy atom. The number of hydrogen-bond acceptors (Lipinski definition) is 10. The molecule has 37 heavy (non-hydrogen) atoms. The maximum absolute atomic E-state index is 11.6. The SMILES string of the molecule is C[C@]12CC[C@@H]3c4ccc(O)cc4CC[C@H]3[C@@H]1C[C@@H](O[C@@H]1O[C@H](C(=O)O)[C@@H](O)[C@H](OS(=O)(=O)O)[C@H]1O)[C@@H]2O. The molecule has 4 aliphatic rings. The molecule has 6 N–H and O–H groups in total. The van der Waals surface area contributed by atoms with Gasteiger partial charge in [0.25, 0.3) is 0 Å². The van der Waals surface area contributed by atoms with Crippen molar-refractivity contribution in [2.45, 2.75) is 87.9 Å². The predicted octanol–water partition coefficient (Wildman–Crippen LogP) is 0.324. The number of phenolic OH excluding ortho intramolecular Hbond substituents is 1. The van der Waals surface area contributed by atoms with Crippen molar-refractivity contribution in [3.05, 3.63) is 29.3 Å². The molecule has 1 aliphatic heterocycles. The first-order chi connectivity index (χ1) is 17.3. The van der Waals surface area contributed by atoms with Crippen molar-refractivity contribution >= 4 is 16.4 Å². The number of aromatic hydroxyl groups is 1. The van der Waals surface area contributed by atoms with Gasteiger partial charge in [-0.05, 0) is 78.5 Å². The number of aliphatic carboxylic acids is 1. The summed E-state index contributed by atoms with van der Waals surface area (Å²) in [6.45, 7) is 1.99. The van der Waals surface area contributed by atoms with E-state index in [1.165, 1.54) is 5.56 Å². The van der Waals surface area contributed by atoms with Gasteiger partial charge in [0.15, 0.2) is 12.4 Å². The summed E-state index contributed by atoms with van der Waals surface area (Å²) in [5.41, 5.74) is 1.80. The molecule has 12 nitrogen and oxygen atoms in total. The molecular weight excluding hydrogens is 512 g/mol. The zero-order chi connectivity index (χ0) is 26.9. The van der Waals surface area contributed by atoms with Crippen LogP contribution in [0, 0.1) is 17.3 Å². The summed E-state index contributed by atoms with van der Waals surface area (Å²) in [6, 6.07) is 5.45. The summed E-state index contributed by atoms with van der Waals surface area (Å²) in [4.78, 5) is 11.6. The van der Waals surface area contributed by atoms with Crippen LogP contribution in [-0.4, -0.2) is 87.4 Å². The molecule has 1 aromatic carbocycles. The number of hydrogen-bond donors (Lipinski definition) is 6. The first-order valence-electron chi connectivity index (χ1n) is 12.4. The average molecular weight is 545 g/mol. The van der Waals surface area contributed by atoms with Crippen LogP contribution in [0.15, 0.2) is 18.2 Å². The molecule has 3 aliphatic carbocycles. The van der Waals surface area contributed by atoms with Crippen molar-refractivity contribution in [1.29, 1.82) is 0 Å². The predicted molar refractivity (Wildman–Crippen MR) is 124 cm³/mol. The Morgan fingerprint density at radius 3 is 2.57 bits per heavy atom. The Labute approximate surface area is 213 Å². The second-order valence-corrected chi connectivity index (χ2v) is 12.0. The van der Waals surface area contributed by atoms with E-state index in [1.54, 1.807) is 12.1 Å². The molecule has 11 atom stereocenters. The number of rotatable bonds is 5. The van der Waals surface area contributed by atoms with Gasteiger partial charge in [0, 0.05) is 0 Å². The van der Waals surface area contributed by atoms with Crippen molar-refractivity contribution in [2.24, 2.45) is 17.3 Å². The minimum absolute atomic E-state index is 0.0414. The summed E-state index contributed by atoms with van der Waals surface area (Å²) in [7, 11) is -5.16. The molecular formula is C24H32O12S. The van der Waals surface area contributed by atoms with Crippen LogP contribution in [0.25, 0.3) is 0 Å². The minimum atomic E-state index is -5.16. The number of carboxylic acids is 1. The molecule has 1 saturated heterocycles. The second kappa shape index (κ2) is 9.42. The maximum Gasteiger partial charge on any atom is 0.397 e. The van der Waals surface area contributed by atoms with E-state index in [2.05, 4.69) is 4.18 Å². The highest BCUT2D eigenvalue weighted by atomic mass is 32.3. The van der Waals surface area contributed by atoms with Gasteiger partial charge in [-0.15, -0.1) is 0 Å². The van der Waals surface area contributed by atoms with Gasteiger partial charge in [0.05, 0.1) is 12.2 Å². The lowest BCUT2D eigenvalue weighted by Gasteiger charge is -2.49. The molecule has 0 radical (unpaired) electrons. The molecule has 0 bridgehead atoms. The second-order valence-electron chi connectivity index (χ2n) is 10.9. The Morgan fingerprint density at radius 1 is 1.16 bits per heavy atom. The highest BCUT2D eigenvalue weighted by Crippen LogP contribution is 2.61. The van der Waals surface area contributed by atoms with Crippen LogP contribution in [0.4, 0.5) is 0 Å². The molecule has 206 valence electrons. The zero-order valence-electron chi connectivity index (χ0n) is 20.1. The van der Waals surface area contributed by atoms with Gasteiger partial charge in [0.2, 0.25) is 0 Å². The minimum Gasteiger partial charge on any atom is -0.508 e. The normalized spacial score (nSPS) is 43.5. The zero-order valence-corrected chi connectivity index (χ0v) is 20.9. The number of ether oxygens (including phenoxy) is 2. The van der Waals surface area contributed by atoms with Crippen molar-refractivity contribution in [3.8, 4) is 5.75 Å². The van der Waals surface area contributed by atoms with Gasteiger partial charge in [-0.2, -0.15) is 8.42 Å². The van der Waals surface area contributed by atoms with E-state index in [-0.39, 0.29) is 23.5 Å². The number of fused-ring (bicyclic) bond motifs is 5. The number of aliphatic hydroxyl groups is 3. The van der Waals surface area contributed by atoms with E-state index in [9.17, 15) is 38.7 Å². The number of benzene rings is 1. The molecule has 2 saturated carbocycles. The van der Waals surface area contributed by atoms with E-state index in [4.69, 9.17) is 14.0 Å². The van der Waals surface area contributed by atoms with Gasteiger partial charge in [-0.1, -0.05) is 13.0 Å². The highest BCUT2D eigenvalue weighted by molar-refractivity contribution is 7.80. The topological polar surface area (TPSA) is 200 Å². The molecule has 0 aromatic heterocycles. The van der Waals surface area contributed by atoms with Crippen molar-refractivity contribution in [3.63, 3.8) is 0 Å². The number of carbonyl (C=O) groups is 1. The van der Waals surface area contributed by atoms with Crippen LogP contribution in [0.2, 0.25) is 0 Å². The van der Waals surface area contributed by atoms with E-state index < -0.39 is 64.7 Å². The Balaban J connectivity index is 1.37. The van der Waals surface area contributed by atoms with Gasteiger partial charge < -0.3 is 35.0 Å². The fourth-order valence-corrected chi connectivity index (χ4v) is 7.75. The Kier molecular flexibility index (Phi) is 6.81. The summed E-state index contributed by atoms with van der Waals surface area (Å²) < 4.78 is 47.1. The summed E-state index contributed by atoms with van der Waals surface area (Å²) in [5, 5.41) is 51.5. The molecule has 0 unspecified atom stereocenters. The molecule has 0 amide bonds. The third-order valence-electron chi connectivity index (χ3n) is 8.99. The summed E-state index contributed by atoms with van der Waals surface area (Å²) >= 11 is 0. The van der Waals surface area contributed by atoms with Crippen molar-refractivity contribution < 1.29 is 57.0 Å². The lowest BCUT2D eigenvalue weighted by Crippen LogP contribution is -2.62. The fraction of sp³-hybridized carbons (Fsp3) is 0.708. The monoisotopic (exact) mass is 544 g/mol. The first-order valence-corrected chi connectivity index (χ1v) is 13.7. The van der Waals surface area contributed by atoms with Crippen LogP contribution in [0.5, 0.6) is 5.75 Å². The smallest absolute Gasteiger partial charge is 0.397 e. The molecule has 13 heteroatoms. The Hall–Kier alpha value is -1.84. The Bertz CT molecular complexity index is 1160. The third-order valence-corrected chi connectivity index (χ3v) is 9.46. The molecule has 1 aromatic rings. The molecule has 3 fully saturated rings. The summed E-state index contributed by atoms with van der Waals surface area (Å²) in [6.07, 6.45) is -8.20. The van der Waals surface area contributed by atoms with Crippen LogP contribution in [-0.2, 0) is 35.3 Å². The lowest BCUT2D eigenvalue weighted by molar-refractivity contribution is -0.306. The lowest BCUT2D eigenvalue weighted by atomic mass is 9.55. The van der Waals surface area contributed by atoms with Gasteiger partial charge >= 0.3 is 16.4 Å². The fourth-order valence-electron chi connectivity index (χ4n) is 7.24. The maximum atomic E-state index is 11.6. The largest absolute Gasteiger partial charge is 0.508 e. The van der Waals surface area contributed by atoms with Crippen LogP contribution >= 0.6 is 0 Å². The highest BCUT2D eigenvalue weighted by Gasteiger charge is 2.60. The van der Waals surface area contributed by atoms with E-state index in [0.29, 0.717) is 12.8 Å². The number of aliphatic hydroxyl groups excluding tert-OH is 3. The molecule has 5 rings (SSSR count). The third kappa shape index (κ3) is 4.65. The molecule has 0 spiro atoms. The van der Waals surface area contributed by atoms with Gasteiger partial charge in [-0.25, -0.2) is 8.98 Å². The number of aryl methyl sites for hydroxylation is 1. The van der Waals surface area contributed by atoms with Crippen LogP contribution in [0.1, 0.15) is 49.7 Å². The average Bonchev–Trinajstić information content (AvgIpc) is 3.07. The van der Waals surface area contributed by atoms with Gasteiger partial charge in [-0.3, -0.25) is 4.55 Å². The van der Waals surface area contributed by atoms with Crippen molar-refractivity contribution in [2.75, 3.05) is 0 Å². The molecule has 1 heterocycles. The van der Waals surface area contributed by atoms with E-state index in [0.717, 1.165) is 24.8 Å².